The van der Waals surface area contributed by atoms with E-state index in [9.17, 15) is 4.79 Å². The lowest BCUT2D eigenvalue weighted by Gasteiger charge is -2.35. The summed E-state index contributed by atoms with van der Waals surface area (Å²) in [4.78, 5) is 25.1. The molecule has 0 saturated carbocycles. The van der Waals surface area contributed by atoms with Crippen molar-refractivity contribution in [3.63, 3.8) is 0 Å². The van der Waals surface area contributed by atoms with Gasteiger partial charge in [-0.2, -0.15) is 0 Å². The highest BCUT2D eigenvalue weighted by molar-refractivity contribution is 7.17. The monoisotopic (exact) mass is 340 g/mol. The fourth-order valence-corrected chi connectivity index (χ4v) is 3.65. The molecule has 0 aliphatic carbocycles. The molecule has 6 nitrogen and oxygen atoms in total. The average Bonchev–Trinajstić information content (AvgIpc) is 3.31. The van der Waals surface area contributed by atoms with Crippen LogP contribution in [0.4, 0.5) is 5.82 Å². The normalized spacial score (nSPS) is 15.5. The number of piperazine rings is 1. The van der Waals surface area contributed by atoms with Crippen LogP contribution in [0.25, 0.3) is 16.3 Å². The summed E-state index contributed by atoms with van der Waals surface area (Å²) in [5, 5.41) is 2.03. The first kappa shape index (κ1) is 14.9. The highest BCUT2D eigenvalue weighted by atomic mass is 32.1. The minimum absolute atomic E-state index is 0.00927. The smallest absolute Gasteiger partial charge is 0.246 e. The summed E-state index contributed by atoms with van der Waals surface area (Å²) in [7, 11) is 0. The first-order valence-electron chi connectivity index (χ1n) is 7.75. The van der Waals surface area contributed by atoms with E-state index in [1.165, 1.54) is 0 Å². The number of rotatable bonds is 3. The molecule has 1 amide bonds. The van der Waals surface area contributed by atoms with Crippen molar-refractivity contribution >= 4 is 39.4 Å². The Morgan fingerprint density at radius 2 is 2.08 bits per heavy atom. The van der Waals surface area contributed by atoms with Gasteiger partial charge in [0.15, 0.2) is 0 Å². The van der Waals surface area contributed by atoms with E-state index < -0.39 is 0 Å². The summed E-state index contributed by atoms with van der Waals surface area (Å²) in [5.41, 5.74) is 0.977. The molecule has 4 heterocycles. The second kappa shape index (κ2) is 6.45. The molecule has 3 aromatic heterocycles. The van der Waals surface area contributed by atoms with Gasteiger partial charge in [-0.15, -0.1) is 11.3 Å². The maximum absolute atomic E-state index is 12.3. The van der Waals surface area contributed by atoms with Crippen LogP contribution in [0.1, 0.15) is 5.76 Å². The SMILES string of the molecule is O=C(C=Cc1ccco1)N1CCN(c2ncnc3ccsc23)CC1. The summed E-state index contributed by atoms with van der Waals surface area (Å²) in [6.45, 7) is 2.89. The maximum atomic E-state index is 12.3. The van der Waals surface area contributed by atoms with Crippen LogP contribution in [-0.2, 0) is 4.79 Å². The lowest BCUT2D eigenvalue weighted by molar-refractivity contribution is -0.126. The van der Waals surface area contributed by atoms with Crippen LogP contribution < -0.4 is 4.90 Å². The van der Waals surface area contributed by atoms with Crippen molar-refractivity contribution in [3.8, 4) is 0 Å². The number of carbonyl (C=O) groups is 1. The Hall–Kier alpha value is -2.67. The van der Waals surface area contributed by atoms with E-state index in [1.807, 2.05) is 22.4 Å². The quantitative estimate of drug-likeness (QED) is 0.686. The summed E-state index contributed by atoms with van der Waals surface area (Å²) in [6, 6.07) is 5.63. The number of carbonyl (C=O) groups excluding carboxylic acids is 1. The summed E-state index contributed by atoms with van der Waals surface area (Å²) in [6.07, 6.45) is 6.47. The number of hydrogen-bond acceptors (Lipinski definition) is 6. The molecule has 1 aliphatic heterocycles. The van der Waals surface area contributed by atoms with Crippen molar-refractivity contribution < 1.29 is 9.21 Å². The molecule has 1 aliphatic rings. The van der Waals surface area contributed by atoms with Crippen LogP contribution in [0.2, 0.25) is 0 Å². The van der Waals surface area contributed by atoms with Gasteiger partial charge in [0, 0.05) is 32.3 Å². The minimum Gasteiger partial charge on any atom is -0.465 e. The topological polar surface area (TPSA) is 62.5 Å². The molecule has 0 radical (unpaired) electrons. The third kappa shape index (κ3) is 2.90. The van der Waals surface area contributed by atoms with Crippen molar-refractivity contribution in [1.29, 1.82) is 0 Å². The van der Waals surface area contributed by atoms with Crippen LogP contribution >= 0.6 is 11.3 Å². The van der Waals surface area contributed by atoms with Crippen LogP contribution in [-0.4, -0.2) is 47.0 Å². The number of nitrogens with zero attached hydrogens (tertiary/aromatic N) is 4. The van der Waals surface area contributed by atoms with Gasteiger partial charge in [-0.1, -0.05) is 0 Å². The molecule has 0 bridgehead atoms. The first-order chi connectivity index (χ1) is 11.8. The van der Waals surface area contributed by atoms with E-state index in [4.69, 9.17) is 4.42 Å². The van der Waals surface area contributed by atoms with Crippen LogP contribution in [0, 0.1) is 0 Å². The molecule has 1 saturated heterocycles. The largest absolute Gasteiger partial charge is 0.465 e. The summed E-state index contributed by atoms with van der Waals surface area (Å²) in [5.74, 6) is 1.66. The highest BCUT2D eigenvalue weighted by Crippen LogP contribution is 2.28. The van der Waals surface area contributed by atoms with Gasteiger partial charge in [0.1, 0.15) is 17.9 Å². The van der Waals surface area contributed by atoms with Gasteiger partial charge in [-0.3, -0.25) is 4.79 Å². The molecule has 0 unspecified atom stereocenters. The fraction of sp³-hybridized carbons (Fsp3) is 0.235. The fourth-order valence-electron chi connectivity index (χ4n) is 2.78. The van der Waals surface area contributed by atoms with E-state index >= 15 is 0 Å². The van der Waals surface area contributed by atoms with Crippen molar-refractivity contribution in [2.45, 2.75) is 0 Å². The van der Waals surface area contributed by atoms with Crippen molar-refractivity contribution in [2.75, 3.05) is 31.1 Å². The molecule has 7 heteroatoms. The number of fused-ring (bicyclic) bond motifs is 1. The Labute approximate surface area is 143 Å². The zero-order valence-electron chi connectivity index (χ0n) is 13.0. The molecule has 24 heavy (non-hydrogen) atoms. The Kier molecular flexibility index (Phi) is 4.00. The van der Waals surface area contributed by atoms with Crippen molar-refractivity contribution in [3.05, 3.63) is 48.0 Å². The predicted octanol–water partition coefficient (Wildman–Crippen LogP) is 2.65. The standard InChI is InChI=1S/C17H16N4O2S/c22-15(4-3-13-2-1-10-23-13)20-6-8-21(9-7-20)17-16-14(5-11-24-16)18-12-19-17/h1-5,10-12H,6-9H2. The Balaban J connectivity index is 1.41. The third-order valence-corrected chi connectivity index (χ3v) is 4.95. The molecule has 1 fully saturated rings. The highest BCUT2D eigenvalue weighted by Gasteiger charge is 2.22. The molecule has 4 rings (SSSR count). The zero-order valence-corrected chi connectivity index (χ0v) is 13.8. The van der Waals surface area contributed by atoms with Gasteiger partial charge in [0.05, 0.1) is 16.5 Å². The lowest BCUT2D eigenvalue weighted by Crippen LogP contribution is -2.48. The number of thiophene rings is 1. The van der Waals surface area contributed by atoms with E-state index in [1.54, 1.807) is 42.1 Å². The van der Waals surface area contributed by atoms with Crippen LogP contribution in [0.5, 0.6) is 0 Å². The second-order valence-corrected chi connectivity index (χ2v) is 6.41. The van der Waals surface area contributed by atoms with E-state index in [0.29, 0.717) is 18.8 Å². The molecular formula is C17H16N4O2S. The number of aromatic nitrogens is 2. The molecule has 0 atom stereocenters. The van der Waals surface area contributed by atoms with Gasteiger partial charge in [-0.25, -0.2) is 9.97 Å². The van der Waals surface area contributed by atoms with E-state index in [0.717, 1.165) is 29.1 Å². The molecule has 0 N–H and O–H groups in total. The summed E-state index contributed by atoms with van der Waals surface area (Å²) < 4.78 is 6.31. The number of anilines is 1. The van der Waals surface area contributed by atoms with Gasteiger partial charge in [0.2, 0.25) is 5.91 Å². The number of hydrogen-bond donors (Lipinski definition) is 0. The van der Waals surface area contributed by atoms with Gasteiger partial charge in [0.25, 0.3) is 0 Å². The molecule has 0 aromatic carbocycles. The number of furan rings is 1. The maximum Gasteiger partial charge on any atom is 0.246 e. The average molecular weight is 340 g/mol. The predicted molar refractivity (Wildman–Crippen MR) is 94.0 cm³/mol. The van der Waals surface area contributed by atoms with Crippen LogP contribution in [0.15, 0.2) is 46.7 Å². The second-order valence-electron chi connectivity index (χ2n) is 5.49. The molecule has 0 spiro atoms. The molecule has 122 valence electrons. The van der Waals surface area contributed by atoms with Crippen LogP contribution in [0.3, 0.4) is 0 Å². The zero-order chi connectivity index (χ0) is 16.4. The lowest BCUT2D eigenvalue weighted by atomic mass is 10.3. The first-order valence-corrected chi connectivity index (χ1v) is 8.63. The van der Waals surface area contributed by atoms with E-state index in [2.05, 4.69) is 14.9 Å². The van der Waals surface area contributed by atoms with Gasteiger partial charge in [-0.05, 0) is 29.7 Å². The van der Waals surface area contributed by atoms with Gasteiger partial charge < -0.3 is 14.2 Å². The Morgan fingerprint density at radius 1 is 1.21 bits per heavy atom. The Morgan fingerprint density at radius 3 is 2.88 bits per heavy atom. The third-order valence-electron chi connectivity index (χ3n) is 4.05. The van der Waals surface area contributed by atoms with Crippen molar-refractivity contribution in [1.82, 2.24) is 14.9 Å². The Bertz CT molecular complexity index is 864. The van der Waals surface area contributed by atoms with Crippen molar-refractivity contribution in [2.24, 2.45) is 0 Å². The molecular weight excluding hydrogens is 324 g/mol. The summed E-state index contributed by atoms with van der Waals surface area (Å²) >= 11 is 1.65. The van der Waals surface area contributed by atoms with E-state index in [-0.39, 0.29) is 5.91 Å². The number of amides is 1. The minimum atomic E-state index is 0.00927. The molecule has 3 aromatic rings. The van der Waals surface area contributed by atoms with Gasteiger partial charge >= 0.3 is 0 Å².